The molecular formula is C14H13N3O3S. The zero-order chi connectivity index (χ0) is 15.4. The van der Waals surface area contributed by atoms with Crippen molar-refractivity contribution in [3.8, 4) is 0 Å². The number of benzene rings is 1. The molecule has 2 N–H and O–H groups in total. The lowest BCUT2D eigenvalue weighted by Gasteiger charge is -2.05. The summed E-state index contributed by atoms with van der Waals surface area (Å²) in [7, 11) is 0. The van der Waals surface area contributed by atoms with Crippen molar-refractivity contribution in [2.75, 3.05) is 10.6 Å². The number of hydrogen-bond acceptors (Lipinski definition) is 5. The highest BCUT2D eigenvalue weighted by molar-refractivity contribution is 7.14. The molecule has 0 spiro atoms. The van der Waals surface area contributed by atoms with Gasteiger partial charge in [0.25, 0.3) is 0 Å². The highest BCUT2D eigenvalue weighted by Crippen LogP contribution is 2.14. The van der Waals surface area contributed by atoms with E-state index in [0.29, 0.717) is 16.4 Å². The molecule has 0 aliphatic rings. The van der Waals surface area contributed by atoms with E-state index >= 15 is 0 Å². The normalized spacial score (nSPS) is 10.0. The monoisotopic (exact) mass is 303 g/mol. The molecular weight excluding hydrogens is 290 g/mol. The topological polar surface area (TPSA) is 88.2 Å². The summed E-state index contributed by atoms with van der Waals surface area (Å²) in [6.45, 7) is 3.25. The summed E-state index contributed by atoms with van der Waals surface area (Å²) in [6.07, 6.45) is 0. The first-order valence-electron chi connectivity index (χ1n) is 6.11. The molecule has 0 fully saturated rings. The summed E-state index contributed by atoms with van der Waals surface area (Å²) >= 11 is 1.25. The molecule has 0 saturated carbocycles. The second-order valence-electron chi connectivity index (χ2n) is 4.34. The number of amides is 2. The van der Waals surface area contributed by atoms with Crippen LogP contribution in [0, 0.1) is 6.92 Å². The van der Waals surface area contributed by atoms with Crippen molar-refractivity contribution in [2.24, 2.45) is 0 Å². The number of thiazole rings is 1. The number of hydrogen-bond donors (Lipinski definition) is 2. The molecule has 1 aromatic carbocycles. The molecule has 0 aliphatic carbocycles. The third-order valence-electron chi connectivity index (χ3n) is 2.59. The van der Waals surface area contributed by atoms with Gasteiger partial charge in [0, 0.05) is 16.6 Å². The number of rotatable bonds is 3. The molecule has 2 rings (SSSR count). The first-order chi connectivity index (χ1) is 9.95. The molecule has 0 aliphatic heterocycles. The zero-order valence-electron chi connectivity index (χ0n) is 11.5. The molecule has 2 amide bonds. The summed E-state index contributed by atoms with van der Waals surface area (Å²) in [5.74, 6) is -1.65. The Kier molecular flexibility index (Phi) is 4.44. The number of ketones is 1. The quantitative estimate of drug-likeness (QED) is 0.672. The molecule has 2 aromatic rings. The number of aryl methyl sites for hydroxylation is 1. The van der Waals surface area contributed by atoms with Gasteiger partial charge in [-0.1, -0.05) is 0 Å². The lowest BCUT2D eigenvalue weighted by molar-refractivity contribution is -0.132. The molecule has 7 heteroatoms. The molecule has 108 valence electrons. The van der Waals surface area contributed by atoms with Gasteiger partial charge >= 0.3 is 11.8 Å². The average molecular weight is 303 g/mol. The Morgan fingerprint density at radius 1 is 1.05 bits per heavy atom. The van der Waals surface area contributed by atoms with E-state index in [9.17, 15) is 14.4 Å². The van der Waals surface area contributed by atoms with E-state index in [1.165, 1.54) is 18.3 Å². The van der Waals surface area contributed by atoms with Crippen LogP contribution in [0.4, 0.5) is 10.8 Å². The minimum atomic E-state index is -0.793. The molecule has 0 radical (unpaired) electrons. The van der Waals surface area contributed by atoms with Crippen molar-refractivity contribution in [3.63, 3.8) is 0 Å². The maximum atomic E-state index is 11.7. The predicted octanol–water partition coefficient (Wildman–Crippen LogP) is 2.23. The fraction of sp³-hybridized carbons (Fsp3) is 0.143. The average Bonchev–Trinajstić information content (AvgIpc) is 2.84. The Labute approximate surface area is 125 Å². The maximum absolute atomic E-state index is 11.7. The molecule has 0 unspecified atom stereocenters. The van der Waals surface area contributed by atoms with Gasteiger partial charge in [0.1, 0.15) is 0 Å². The number of carbonyl (C=O) groups is 3. The zero-order valence-corrected chi connectivity index (χ0v) is 12.3. The Morgan fingerprint density at radius 2 is 1.67 bits per heavy atom. The first kappa shape index (κ1) is 14.9. The Bertz CT molecular complexity index is 692. The summed E-state index contributed by atoms with van der Waals surface area (Å²) in [6, 6.07) is 6.30. The Hall–Kier alpha value is -2.54. The van der Waals surface area contributed by atoms with E-state index in [0.717, 1.165) is 5.69 Å². The van der Waals surface area contributed by atoms with E-state index in [1.54, 1.807) is 36.6 Å². The van der Waals surface area contributed by atoms with E-state index in [1.807, 2.05) is 0 Å². The van der Waals surface area contributed by atoms with Gasteiger partial charge in [0.15, 0.2) is 10.9 Å². The lowest BCUT2D eigenvalue weighted by atomic mass is 10.1. The fourth-order valence-corrected chi connectivity index (χ4v) is 2.22. The molecule has 21 heavy (non-hydrogen) atoms. The van der Waals surface area contributed by atoms with Gasteiger partial charge in [-0.25, -0.2) is 4.98 Å². The fourth-order valence-electron chi connectivity index (χ4n) is 1.54. The third-order valence-corrected chi connectivity index (χ3v) is 3.47. The van der Waals surface area contributed by atoms with E-state index < -0.39 is 11.8 Å². The van der Waals surface area contributed by atoms with Crippen molar-refractivity contribution < 1.29 is 14.4 Å². The smallest absolute Gasteiger partial charge is 0.315 e. The number of nitrogens with one attached hydrogen (secondary N) is 2. The maximum Gasteiger partial charge on any atom is 0.315 e. The predicted molar refractivity (Wildman–Crippen MR) is 80.6 cm³/mol. The van der Waals surface area contributed by atoms with Crippen LogP contribution in [-0.2, 0) is 9.59 Å². The van der Waals surface area contributed by atoms with Crippen molar-refractivity contribution in [2.45, 2.75) is 13.8 Å². The van der Waals surface area contributed by atoms with Crippen LogP contribution >= 0.6 is 11.3 Å². The molecule has 1 heterocycles. The minimum absolute atomic E-state index is 0.0650. The summed E-state index contributed by atoms with van der Waals surface area (Å²) in [4.78, 5) is 38.6. The van der Waals surface area contributed by atoms with Gasteiger partial charge in [-0.3, -0.25) is 19.7 Å². The van der Waals surface area contributed by atoms with Crippen molar-refractivity contribution in [1.29, 1.82) is 0 Å². The van der Waals surface area contributed by atoms with E-state index in [-0.39, 0.29) is 5.78 Å². The molecule has 0 atom stereocenters. The van der Waals surface area contributed by atoms with Gasteiger partial charge in [-0.05, 0) is 38.1 Å². The molecule has 6 nitrogen and oxygen atoms in total. The van der Waals surface area contributed by atoms with Crippen LogP contribution in [0.5, 0.6) is 0 Å². The number of anilines is 2. The Morgan fingerprint density at radius 3 is 2.19 bits per heavy atom. The molecule has 0 saturated heterocycles. The minimum Gasteiger partial charge on any atom is -0.318 e. The largest absolute Gasteiger partial charge is 0.318 e. The summed E-state index contributed by atoms with van der Waals surface area (Å²) < 4.78 is 0. The van der Waals surface area contributed by atoms with Crippen molar-refractivity contribution in [1.82, 2.24) is 4.98 Å². The first-order valence-corrected chi connectivity index (χ1v) is 6.99. The van der Waals surface area contributed by atoms with Crippen molar-refractivity contribution >= 4 is 39.8 Å². The number of nitrogens with zero attached hydrogens (tertiary/aromatic N) is 1. The number of aromatic nitrogens is 1. The van der Waals surface area contributed by atoms with Crippen molar-refractivity contribution in [3.05, 3.63) is 40.9 Å². The SMILES string of the molecule is CC(=O)c1ccc(NC(=O)C(=O)Nc2nc(C)cs2)cc1. The van der Waals surface area contributed by atoms with Crippen LogP contribution in [0.3, 0.4) is 0 Å². The van der Waals surface area contributed by atoms with Crippen LogP contribution in [0.2, 0.25) is 0 Å². The lowest BCUT2D eigenvalue weighted by Crippen LogP contribution is -2.29. The van der Waals surface area contributed by atoms with Crippen LogP contribution in [0.15, 0.2) is 29.6 Å². The van der Waals surface area contributed by atoms with E-state index in [2.05, 4.69) is 15.6 Å². The Balaban J connectivity index is 1.97. The second kappa shape index (κ2) is 6.27. The van der Waals surface area contributed by atoms with Crippen LogP contribution in [-0.4, -0.2) is 22.6 Å². The van der Waals surface area contributed by atoms with Crippen LogP contribution < -0.4 is 10.6 Å². The van der Waals surface area contributed by atoms with Crippen LogP contribution in [0.25, 0.3) is 0 Å². The van der Waals surface area contributed by atoms with Gasteiger partial charge in [0.2, 0.25) is 0 Å². The van der Waals surface area contributed by atoms with Gasteiger partial charge < -0.3 is 5.32 Å². The number of Topliss-reactive ketones (excluding diaryl/α,β-unsaturated/α-hetero) is 1. The second-order valence-corrected chi connectivity index (χ2v) is 5.19. The summed E-state index contributed by atoms with van der Waals surface area (Å²) in [5.41, 5.74) is 1.75. The number of carbonyl (C=O) groups excluding carboxylic acids is 3. The highest BCUT2D eigenvalue weighted by atomic mass is 32.1. The summed E-state index contributed by atoms with van der Waals surface area (Å²) in [5, 5.41) is 7.01. The standard InChI is InChI=1S/C14H13N3O3S/c1-8-7-21-14(15-8)17-13(20)12(19)16-11-5-3-10(4-6-11)9(2)18/h3-7H,1-2H3,(H,16,19)(H,15,17,20). The molecule has 1 aromatic heterocycles. The third kappa shape index (κ3) is 3.96. The van der Waals surface area contributed by atoms with Crippen LogP contribution in [0.1, 0.15) is 23.0 Å². The highest BCUT2D eigenvalue weighted by Gasteiger charge is 2.15. The van der Waals surface area contributed by atoms with Gasteiger partial charge in [-0.15, -0.1) is 11.3 Å². The molecule has 0 bridgehead atoms. The van der Waals surface area contributed by atoms with Gasteiger partial charge in [0.05, 0.1) is 5.69 Å². The van der Waals surface area contributed by atoms with E-state index in [4.69, 9.17) is 0 Å². The van der Waals surface area contributed by atoms with Gasteiger partial charge in [-0.2, -0.15) is 0 Å².